The molecule has 1 aromatic carbocycles. The van der Waals surface area contributed by atoms with Crippen LogP contribution in [-0.2, 0) is 9.47 Å². The third-order valence-corrected chi connectivity index (χ3v) is 4.74. The second kappa shape index (κ2) is 7.81. The predicted octanol–water partition coefficient (Wildman–Crippen LogP) is 2.41. The normalized spacial score (nSPS) is 12.9. The molecule has 0 spiro atoms. The van der Waals surface area contributed by atoms with Gasteiger partial charge in [0.2, 0.25) is 0 Å². The quantitative estimate of drug-likeness (QED) is 0.599. The summed E-state index contributed by atoms with van der Waals surface area (Å²) in [5, 5.41) is 9.77. The maximum atomic E-state index is 9.77. The number of ether oxygens (including phenoxy) is 2. The number of aromatic nitrogens is 1. The van der Waals surface area contributed by atoms with Crippen LogP contribution in [0, 0.1) is 0 Å². The van der Waals surface area contributed by atoms with Gasteiger partial charge in [-0.3, -0.25) is 0 Å². The van der Waals surface area contributed by atoms with Crippen LogP contribution in [0.15, 0.2) is 28.6 Å². The summed E-state index contributed by atoms with van der Waals surface area (Å²) < 4.78 is 12.3. The molecule has 19 heavy (non-hydrogen) atoms. The number of methoxy groups -OCH3 is 1. The van der Waals surface area contributed by atoms with Gasteiger partial charge in [-0.05, 0) is 12.1 Å². The van der Waals surface area contributed by atoms with Gasteiger partial charge in [0.05, 0.1) is 36.1 Å². The van der Waals surface area contributed by atoms with Crippen LogP contribution in [0.3, 0.4) is 0 Å². The van der Waals surface area contributed by atoms with Crippen molar-refractivity contribution in [3.8, 4) is 0 Å². The molecule has 1 atom stereocenters. The smallest absolute Gasteiger partial charge is 0.151 e. The summed E-state index contributed by atoms with van der Waals surface area (Å²) in [6.07, 6.45) is -0.478. The number of thioether (sulfide) groups is 1. The van der Waals surface area contributed by atoms with Crippen LogP contribution in [0.4, 0.5) is 0 Å². The summed E-state index contributed by atoms with van der Waals surface area (Å²) in [7, 11) is 1.63. The van der Waals surface area contributed by atoms with E-state index in [-0.39, 0.29) is 0 Å². The standard InChI is InChI=1S/C13H17NO3S2/c1-16-6-7-17-8-10(15)9-18-13-14-11-4-2-3-5-12(11)19-13/h2-5,10,15H,6-9H2,1H3. The largest absolute Gasteiger partial charge is 0.390 e. The van der Waals surface area contributed by atoms with E-state index in [9.17, 15) is 5.11 Å². The molecule has 2 rings (SSSR count). The number of para-hydroxylation sites is 1. The fourth-order valence-electron chi connectivity index (χ4n) is 1.49. The Morgan fingerprint density at radius 3 is 3.00 bits per heavy atom. The van der Waals surface area contributed by atoms with Crippen molar-refractivity contribution in [2.45, 2.75) is 10.4 Å². The number of nitrogens with zero attached hydrogens (tertiary/aromatic N) is 1. The molecule has 1 aromatic heterocycles. The molecule has 0 amide bonds. The Morgan fingerprint density at radius 1 is 1.37 bits per heavy atom. The minimum atomic E-state index is -0.478. The fraction of sp³-hybridized carbons (Fsp3) is 0.462. The van der Waals surface area contributed by atoms with Gasteiger partial charge in [0.1, 0.15) is 0 Å². The molecule has 4 nitrogen and oxygen atoms in total. The van der Waals surface area contributed by atoms with Gasteiger partial charge in [-0.15, -0.1) is 11.3 Å². The third kappa shape index (κ3) is 4.74. The molecule has 1 unspecified atom stereocenters. The van der Waals surface area contributed by atoms with Crippen LogP contribution in [0.5, 0.6) is 0 Å². The lowest BCUT2D eigenvalue weighted by Gasteiger charge is -2.09. The van der Waals surface area contributed by atoms with E-state index in [2.05, 4.69) is 11.1 Å². The SMILES string of the molecule is COCCOCC(O)CSc1nc2ccccc2s1. The van der Waals surface area contributed by atoms with Crippen LogP contribution in [0.2, 0.25) is 0 Å². The predicted molar refractivity (Wildman–Crippen MR) is 79.0 cm³/mol. The summed E-state index contributed by atoms with van der Waals surface area (Å²) in [5.41, 5.74) is 1.01. The maximum Gasteiger partial charge on any atom is 0.151 e. The van der Waals surface area contributed by atoms with Gasteiger partial charge in [0.15, 0.2) is 4.34 Å². The van der Waals surface area contributed by atoms with E-state index < -0.39 is 6.10 Å². The number of rotatable bonds is 8. The minimum Gasteiger partial charge on any atom is -0.390 e. The summed E-state index contributed by atoms with van der Waals surface area (Å²) in [4.78, 5) is 4.50. The number of aliphatic hydroxyl groups is 1. The van der Waals surface area contributed by atoms with Crippen molar-refractivity contribution in [1.82, 2.24) is 4.98 Å². The Labute approximate surface area is 120 Å². The Hall–Kier alpha value is -0.660. The summed E-state index contributed by atoms with van der Waals surface area (Å²) in [5.74, 6) is 0.590. The Balaban J connectivity index is 1.75. The van der Waals surface area contributed by atoms with Crippen LogP contribution in [-0.4, -0.2) is 48.9 Å². The van der Waals surface area contributed by atoms with E-state index in [1.54, 1.807) is 30.2 Å². The first-order valence-corrected chi connectivity index (χ1v) is 7.83. The first-order chi connectivity index (χ1) is 9.29. The Bertz CT molecular complexity index is 470. The fourth-order valence-corrected chi connectivity index (χ4v) is 3.49. The number of fused-ring (bicyclic) bond motifs is 1. The number of aliphatic hydroxyl groups excluding tert-OH is 1. The molecule has 0 fully saturated rings. The van der Waals surface area contributed by atoms with Crippen molar-refractivity contribution in [1.29, 1.82) is 0 Å². The molecule has 1 heterocycles. The molecule has 0 bridgehead atoms. The molecule has 0 radical (unpaired) electrons. The van der Waals surface area contributed by atoms with Crippen molar-refractivity contribution in [3.05, 3.63) is 24.3 Å². The van der Waals surface area contributed by atoms with Crippen LogP contribution in [0.25, 0.3) is 10.2 Å². The lowest BCUT2D eigenvalue weighted by molar-refractivity contribution is 0.0218. The Kier molecular flexibility index (Phi) is 6.06. The van der Waals surface area contributed by atoms with Crippen molar-refractivity contribution < 1.29 is 14.6 Å². The highest BCUT2D eigenvalue weighted by molar-refractivity contribution is 8.01. The molecule has 0 aliphatic carbocycles. The molecule has 6 heteroatoms. The van der Waals surface area contributed by atoms with Gasteiger partial charge in [-0.1, -0.05) is 23.9 Å². The number of thiazole rings is 1. The van der Waals surface area contributed by atoms with E-state index in [0.29, 0.717) is 25.6 Å². The van der Waals surface area contributed by atoms with E-state index >= 15 is 0 Å². The van der Waals surface area contributed by atoms with Gasteiger partial charge < -0.3 is 14.6 Å². The highest BCUT2D eigenvalue weighted by Crippen LogP contribution is 2.29. The molecule has 0 aliphatic heterocycles. The maximum absolute atomic E-state index is 9.77. The molecular formula is C13H17NO3S2. The van der Waals surface area contributed by atoms with E-state index in [0.717, 1.165) is 9.86 Å². The lowest BCUT2D eigenvalue weighted by Crippen LogP contribution is -2.19. The van der Waals surface area contributed by atoms with Gasteiger partial charge in [0.25, 0.3) is 0 Å². The van der Waals surface area contributed by atoms with E-state index in [1.165, 1.54) is 4.70 Å². The van der Waals surface area contributed by atoms with Crippen molar-refractivity contribution >= 4 is 33.3 Å². The van der Waals surface area contributed by atoms with Gasteiger partial charge in [0, 0.05) is 12.9 Å². The highest BCUT2D eigenvalue weighted by atomic mass is 32.2. The van der Waals surface area contributed by atoms with Crippen LogP contribution >= 0.6 is 23.1 Å². The zero-order valence-electron chi connectivity index (χ0n) is 10.7. The average molecular weight is 299 g/mol. The molecule has 0 saturated carbocycles. The van der Waals surface area contributed by atoms with Gasteiger partial charge in [-0.2, -0.15) is 0 Å². The van der Waals surface area contributed by atoms with Crippen molar-refractivity contribution in [3.63, 3.8) is 0 Å². The topological polar surface area (TPSA) is 51.6 Å². The summed E-state index contributed by atoms with van der Waals surface area (Å²) in [6.45, 7) is 1.40. The van der Waals surface area contributed by atoms with Gasteiger partial charge >= 0.3 is 0 Å². The highest BCUT2D eigenvalue weighted by Gasteiger charge is 2.08. The second-order valence-electron chi connectivity index (χ2n) is 3.98. The first kappa shape index (κ1) is 14.7. The molecule has 0 saturated heterocycles. The molecular weight excluding hydrogens is 282 g/mol. The number of hydrogen-bond donors (Lipinski definition) is 1. The third-order valence-electron chi connectivity index (χ3n) is 2.42. The van der Waals surface area contributed by atoms with Crippen molar-refractivity contribution in [2.75, 3.05) is 32.7 Å². The molecule has 2 aromatic rings. The Morgan fingerprint density at radius 2 is 2.21 bits per heavy atom. The van der Waals surface area contributed by atoms with Gasteiger partial charge in [-0.25, -0.2) is 4.98 Å². The van der Waals surface area contributed by atoms with Crippen LogP contribution < -0.4 is 0 Å². The lowest BCUT2D eigenvalue weighted by atomic mass is 10.3. The van der Waals surface area contributed by atoms with Crippen LogP contribution in [0.1, 0.15) is 0 Å². The number of benzene rings is 1. The molecule has 0 aliphatic rings. The minimum absolute atomic E-state index is 0.335. The van der Waals surface area contributed by atoms with E-state index in [1.807, 2.05) is 18.2 Å². The molecule has 104 valence electrons. The monoisotopic (exact) mass is 299 g/mol. The molecule has 1 N–H and O–H groups in total. The van der Waals surface area contributed by atoms with E-state index in [4.69, 9.17) is 9.47 Å². The number of hydrogen-bond acceptors (Lipinski definition) is 6. The summed E-state index contributed by atoms with van der Waals surface area (Å²) >= 11 is 3.22. The zero-order valence-corrected chi connectivity index (χ0v) is 12.4. The second-order valence-corrected chi connectivity index (χ2v) is 6.28. The first-order valence-electron chi connectivity index (χ1n) is 6.02. The average Bonchev–Trinajstić information content (AvgIpc) is 2.84. The summed E-state index contributed by atoms with van der Waals surface area (Å²) in [6, 6.07) is 8.05. The zero-order chi connectivity index (χ0) is 13.5. The van der Waals surface area contributed by atoms with Crippen molar-refractivity contribution in [2.24, 2.45) is 0 Å².